The molecule has 0 rings (SSSR count). The normalized spacial score (nSPS) is 13.6. The van der Waals surface area contributed by atoms with Crippen molar-refractivity contribution in [2.45, 2.75) is 264 Å². The Bertz CT molecular complexity index is 1280. The van der Waals surface area contributed by atoms with Crippen molar-refractivity contribution >= 4 is 19.8 Å². The van der Waals surface area contributed by atoms with Crippen LogP contribution in [0.2, 0.25) is 0 Å². The van der Waals surface area contributed by atoms with Gasteiger partial charge >= 0.3 is 19.8 Å². The number of hydrogen-bond donors (Lipinski definition) is 2. The smallest absolute Gasteiger partial charge is 0.462 e. The van der Waals surface area contributed by atoms with Gasteiger partial charge < -0.3 is 20.1 Å². The highest BCUT2D eigenvalue weighted by atomic mass is 31.2. The molecule has 0 aliphatic heterocycles. The van der Waals surface area contributed by atoms with E-state index in [2.05, 4.69) is 74.6 Å². The average Bonchev–Trinajstić information content (AvgIpc) is 3.32. The fourth-order valence-corrected chi connectivity index (χ4v) is 8.61. The maximum atomic E-state index is 12.7. The van der Waals surface area contributed by atoms with Gasteiger partial charge in [0.1, 0.15) is 6.61 Å². The van der Waals surface area contributed by atoms with E-state index >= 15 is 0 Å². The molecule has 67 heavy (non-hydrogen) atoms. The SMILES string of the molecule is CC/C=C\C/C=C\C/C=C\C/C=C\C/C=C\CCCCCCCC(=O)OC(COC(=O)CCCCCCCCCCCCCCCCCCCCCCCCCCC)COP(=O)(O)OCCN. The van der Waals surface area contributed by atoms with Gasteiger partial charge in [0.15, 0.2) is 6.10 Å². The van der Waals surface area contributed by atoms with E-state index < -0.39 is 26.5 Å². The Morgan fingerprint density at radius 1 is 0.463 bits per heavy atom. The number of hydrogen-bond acceptors (Lipinski definition) is 8. The van der Waals surface area contributed by atoms with Crippen LogP contribution in [0.1, 0.15) is 258 Å². The predicted octanol–water partition coefficient (Wildman–Crippen LogP) is 17.2. The Kier molecular flexibility index (Phi) is 51.3. The maximum Gasteiger partial charge on any atom is 0.472 e. The van der Waals surface area contributed by atoms with Gasteiger partial charge in [0, 0.05) is 19.4 Å². The topological polar surface area (TPSA) is 134 Å². The van der Waals surface area contributed by atoms with Gasteiger partial charge in [0.25, 0.3) is 0 Å². The molecule has 0 aromatic heterocycles. The Hall–Kier alpha value is -2.29. The van der Waals surface area contributed by atoms with Gasteiger partial charge in [-0.2, -0.15) is 0 Å². The van der Waals surface area contributed by atoms with Crippen molar-refractivity contribution in [1.29, 1.82) is 0 Å². The zero-order valence-corrected chi connectivity index (χ0v) is 44.3. The van der Waals surface area contributed by atoms with Gasteiger partial charge in [-0.15, -0.1) is 0 Å². The van der Waals surface area contributed by atoms with E-state index in [-0.39, 0.29) is 38.6 Å². The van der Waals surface area contributed by atoms with E-state index in [0.29, 0.717) is 6.42 Å². The van der Waals surface area contributed by atoms with Gasteiger partial charge in [0.05, 0.1) is 13.2 Å². The third-order valence-electron chi connectivity index (χ3n) is 11.9. The zero-order chi connectivity index (χ0) is 48.8. The first kappa shape index (κ1) is 64.7. The van der Waals surface area contributed by atoms with Crippen molar-refractivity contribution in [3.8, 4) is 0 Å². The number of nitrogens with two attached hydrogens (primary N) is 1. The van der Waals surface area contributed by atoms with Crippen LogP contribution in [0.25, 0.3) is 0 Å². The lowest BCUT2D eigenvalue weighted by Gasteiger charge is -2.19. The highest BCUT2D eigenvalue weighted by Crippen LogP contribution is 2.43. The molecule has 9 nitrogen and oxygen atoms in total. The minimum atomic E-state index is -4.39. The summed E-state index contributed by atoms with van der Waals surface area (Å²) < 4.78 is 33.0. The first-order valence-electron chi connectivity index (χ1n) is 27.8. The molecule has 390 valence electrons. The molecule has 10 heteroatoms. The van der Waals surface area contributed by atoms with Gasteiger partial charge in [-0.25, -0.2) is 4.57 Å². The van der Waals surface area contributed by atoms with Crippen molar-refractivity contribution in [1.82, 2.24) is 0 Å². The van der Waals surface area contributed by atoms with E-state index in [0.717, 1.165) is 83.5 Å². The van der Waals surface area contributed by atoms with E-state index in [9.17, 15) is 19.0 Å². The molecule has 0 amide bonds. The highest BCUT2D eigenvalue weighted by Gasteiger charge is 2.26. The molecule has 3 N–H and O–H groups in total. The second-order valence-corrected chi connectivity index (χ2v) is 19.9. The van der Waals surface area contributed by atoms with Crippen LogP contribution in [0.3, 0.4) is 0 Å². The van der Waals surface area contributed by atoms with Crippen molar-refractivity contribution in [3.63, 3.8) is 0 Å². The number of carbonyl (C=O) groups excluding carboxylic acids is 2. The van der Waals surface area contributed by atoms with Crippen LogP contribution in [-0.2, 0) is 32.7 Å². The third kappa shape index (κ3) is 52.9. The van der Waals surface area contributed by atoms with E-state index in [1.54, 1.807) is 0 Å². The summed E-state index contributed by atoms with van der Waals surface area (Å²) in [4.78, 5) is 35.1. The molecular weight excluding hydrogens is 858 g/mol. The summed E-state index contributed by atoms with van der Waals surface area (Å²) in [6.07, 6.45) is 65.6. The molecule has 0 aromatic carbocycles. The van der Waals surface area contributed by atoms with Crippen LogP contribution in [0, 0.1) is 0 Å². The molecule has 2 atom stereocenters. The average molecular weight is 962 g/mol. The Morgan fingerprint density at radius 2 is 0.821 bits per heavy atom. The number of phosphoric acid groups is 1. The molecule has 0 heterocycles. The Labute approximate surface area is 412 Å². The van der Waals surface area contributed by atoms with Gasteiger partial charge in [-0.3, -0.25) is 18.6 Å². The molecule has 0 spiro atoms. The lowest BCUT2D eigenvalue weighted by atomic mass is 10.0. The molecule has 0 aromatic rings. The summed E-state index contributed by atoms with van der Waals surface area (Å²) in [5, 5.41) is 0. The predicted molar refractivity (Wildman–Crippen MR) is 284 cm³/mol. The van der Waals surface area contributed by atoms with Crippen LogP contribution in [0.4, 0.5) is 0 Å². The summed E-state index contributed by atoms with van der Waals surface area (Å²) >= 11 is 0. The number of allylic oxidation sites excluding steroid dienone is 10. The standard InChI is InChI=1S/C57H104NO8P/c1-3-5-7-9-11-13-15-17-19-21-23-25-26-27-28-30-31-33-35-37-39-41-43-45-47-49-56(59)63-53-55(54-65-67(61,62)64-52-51-58)66-57(60)50-48-46-44-42-40-38-36-34-32-29-24-22-20-18-16-14-12-10-8-6-4-2/h6,8,12,14,18,20,24,29,34,36,55H,3-5,7,9-11,13,15-17,19,21-23,25-28,30-33,35,37-54,58H2,1-2H3,(H,61,62)/b8-6-,14-12-,20-18-,29-24-,36-34-. The first-order valence-corrected chi connectivity index (χ1v) is 29.3. The lowest BCUT2D eigenvalue weighted by Crippen LogP contribution is -2.29. The second kappa shape index (κ2) is 53.1. The molecular formula is C57H104NO8P. The molecule has 0 saturated carbocycles. The molecule has 0 aliphatic carbocycles. The summed E-state index contributed by atoms with van der Waals surface area (Å²) in [6.45, 7) is 3.64. The van der Waals surface area contributed by atoms with Crippen LogP contribution in [-0.4, -0.2) is 49.3 Å². The molecule has 0 bridgehead atoms. The fourth-order valence-electron chi connectivity index (χ4n) is 7.84. The zero-order valence-electron chi connectivity index (χ0n) is 43.4. The Morgan fingerprint density at radius 3 is 1.22 bits per heavy atom. The first-order chi connectivity index (χ1) is 32.8. The van der Waals surface area contributed by atoms with Crippen LogP contribution in [0.5, 0.6) is 0 Å². The second-order valence-electron chi connectivity index (χ2n) is 18.4. The van der Waals surface area contributed by atoms with Crippen molar-refractivity contribution in [3.05, 3.63) is 60.8 Å². The van der Waals surface area contributed by atoms with E-state index in [1.165, 1.54) is 141 Å². The van der Waals surface area contributed by atoms with Gasteiger partial charge in [-0.1, -0.05) is 248 Å². The van der Waals surface area contributed by atoms with E-state index in [4.69, 9.17) is 24.3 Å². The maximum absolute atomic E-state index is 12.7. The van der Waals surface area contributed by atoms with E-state index in [1.807, 2.05) is 0 Å². The summed E-state index contributed by atoms with van der Waals surface area (Å²) in [7, 11) is -4.39. The lowest BCUT2D eigenvalue weighted by molar-refractivity contribution is -0.161. The number of carbonyl (C=O) groups is 2. The number of ether oxygens (including phenoxy) is 2. The summed E-state index contributed by atoms with van der Waals surface area (Å²) in [5.41, 5.74) is 5.37. The molecule has 0 aliphatic rings. The number of phosphoric ester groups is 1. The molecule has 0 saturated heterocycles. The molecule has 2 unspecified atom stereocenters. The minimum Gasteiger partial charge on any atom is -0.462 e. The van der Waals surface area contributed by atoms with Crippen LogP contribution < -0.4 is 5.73 Å². The van der Waals surface area contributed by atoms with Crippen LogP contribution in [0.15, 0.2) is 60.8 Å². The van der Waals surface area contributed by atoms with Gasteiger partial charge in [-0.05, 0) is 57.8 Å². The number of esters is 2. The fraction of sp³-hybridized carbons (Fsp3) is 0.789. The van der Waals surface area contributed by atoms with Crippen LogP contribution >= 0.6 is 7.82 Å². The quantitative estimate of drug-likeness (QED) is 0.0264. The summed E-state index contributed by atoms with van der Waals surface area (Å²) in [6, 6.07) is 0. The number of rotatable bonds is 52. The molecule has 0 radical (unpaired) electrons. The third-order valence-corrected chi connectivity index (χ3v) is 12.9. The molecule has 0 fully saturated rings. The summed E-state index contributed by atoms with van der Waals surface area (Å²) in [5.74, 6) is -0.842. The Balaban J connectivity index is 4.00. The number of unbranched alkanes of at least 4 members (excludes halogenated alkanes) is 29. The largest absolute Gasteiger partial charge is 0.472 e. The van der Waals surface area contributed by atoms with Gasteiger partial charge in [0.2, 0.25) is 0 Å². The minimum absolute atomic E-state index is 0.0486. The highest BCUT2D eigenvalue weighted by molar-refractivity contribution is 7.47. The van der Waals surface area contributed by atoms with Crippen molar-refractivity contribution in [2.24, 2.45) is 5.73 Å². The van der Waals surface area contributed by atoms with Crippen molar-refractivity contribution < 1.29 is 37.6 Å². The van der Waals surface area contributed by atoms with Crippen molar-refractivity contribution in [2.75, 3.05) is 26.4 Å². The monoisotopic (exact) mass is 962 g/mol.